The molecule has 0 aliphatic carbocycles. The molecule has 0 atom stereocenters. The summed E-state index contributed by atoms with van der Waals surface area (Å²) in [7, 11) is 0. The van der Waals surface area contributed by atoms with Crippen LogP contribution in [-0.4, -0.2) is 42.2 Å². The zero-order chi connectivity index (χ0) is 9.78. The number of allylic oxidation sites excluding steroid dienone is 1. The summed E-state index contributed by atoms with van der Waals surface area (Å²) in [6.45, 7) is 2.22. The Kier molecular flexibility index (Phi) is 12.6. The Balaban J connectivity index is 2.87. The number of hydrogen-bond acceptors (Lipinski definition) is 3. The Hall–Kier alpha value is 0.300. The monoisotopic (exact) mass is 223 g/mol. The molecule has 0 spiro atoms. The molecule has 0 fully saturated rings. The number of aliphatic hydroxyl groups is 1. The van der Waals surface area contributed by atoms with Crippen molar-refractivity contribution in [3.05, 3.63) is 12.2 Å². The van der Waals surface area contributed by atoms with Crippen molar-refractivity contribution < 1.29 is 5.11 Å². The summed E-state index contributed by atoms with van der Waals surface area (Å²) in [6, 6.07) is 0. The molecule has 78 valence electrons. The highest BCUT2D eigenvalue weighted by atomic mass is 35.5. The summed E-state index contributed by atoms with van der Waals surface area (Å²) in [5.41, 5.74) is 0. The molecule has 0 radical (unpaired) electrons. The van der Waals surface area contributed by atoms with E-state index in [1.807, 2.05) is 23.9 Å². The maximum Gasteiger partial charge on any atom is 0.0438 e. The van der Waals surface area contributed by atoms with Gasteiger partial charge in [0, 0.05) is 31.3 Å². The van der Waals surface area contributed by atoms with E-state index in [0.717, 1.165) is 31.0 Å². The lowest BCUT2D eigenvalue weighted by atomic mass is 10.5. The predicted molar refractivity (Wildman–Crippen MR) is 61.8 cm³/mol. The SMILES string of the molecule is OCCCSCCNC/C=C/CCl. The minimum Gasteiger partial charge on any atom is -0.396 e. The van der Waals surface area contributed by atoms with Gasteiger partial charge in [0.05, 0.1) is 0 Å². The first-order valence-electron chi connectivity index (χ1n) is 4.52. The van der Waals surface area contributed by atoms with Gasteiger partial charge in [0.15, 0.2) is 0 Å². The smallest absolute Gasteiger partial charge is 0.0438 e. The number of aliphatic hydroxyl groups excluding tert-OH is 1. The van der Waals surface area contributed by atoms with Crippen LogP contribution < -0.4 is 5.32 Å². The third-order valence-corrected chi connectivity index (χ3v) is 2.64. The normalized spacial score (nSPS) is 11.2. The molecule has 2 N–H and O–H groups in total. The van der Waals surface area contributed by atoms with Crippen LogP contribution in [0.4, 0.5) is 0 Å². The van der Waals surface area contributed by atoms with Crippen LogP contribution in [0.1, 0.15) is 6.42 Å². The second kappa shape index (κ2) is 12.3. The number of halogens is 1. The zero-order valence-electron chi connectivity index (χ0n) is 7.84. The van der Waals surface area contributed by atoms with Crippen molar-refractivity contribution in [2.75, 3.05) is 37.1 Å². The highest BCUT2D eigenvalue weighted by Gasteiger charge is 1.87. The van der Waals surface area contributed by atoms with Gasteiger partial charge in [-0.25, -0.2) is 0 Å². The van der Waals surface area contributed by atoms with Crippen molar-refractivity contribution in [3.8, 4) is 0 Å². The molecule has 0 unspecified atom stereocenters. The quantitative estimate of drug-likeness (QED) is 0.353. The second-order valence-electron chi connectivity index (χ2n) is 2.52. The zero-order valence-corrected chi connectivity index (χ0v) is 9.41. The molecule has 0 aromatic carbocycles. The first-order chi connectivity index (χ1) is 6.41. The van der Waals surface area contributed by atoms with Gasteiger partial charge in [0.25, 0.3) is 0 Å². The first kappa shape index (κ1) is 13.3. The van der Waals surface area contributed by atoms with Crippen LogP contribution in [0, 0.1) is 0 Å². The van der Waals surface area contributed by atoms with Crippen molar-refractivity contribution in [3.63, 3.8) is 0 Å². The van der Waals surface area contributed by atoms with Gasteiger partial charge in [-0.2, -0.15) is 11.8 Å². The van der Waals surface area contributed by atoms with Crippen LogP contribution in [0.15, 0.2) is 12.2 Å². The van der Waals surface area contributed by atoms with Gasteiger partial charge in [-0.1, -0.05) is 12.2 Å². The van der Waals surface area contributed by atoms with Crippen molar-refractivity contribution >= 4 is 23.4 Å². The molecule has 0 saturated carbocycles. The van der Waals surface area contributed by atoms with Gasteiger partial charge >= 0.3 is 0 Å². The number of alkyl halides is 1. The Bertz CT molecular complexity index is 122. The lowest BCUT2D eigenvalue weighted by Gasteiger charge is -2.00. The van der Waals surface area contributed by atoms with Crippen LogP contribution in [0.2, 0.25) is 0 Å². The van der Waals surface area contributed by atoms with Crippen molar-refractivity contribution in [2.24, 2.45) is 0 Å². The summed E-state index contributed by atoms with van der Waals surface area (Å²) in [4.78, 5) is 0. The van der Waals surface area contributed by atoms with E-state index in [9.17, 15) is 0 Å². The minimum atomic E-state index is 0.304. The lowest BCUT2D eigenvalue weighted by molar-refractivity contribution is 0.296. The maximum atomic E-state index is 8.52. The second-order valence-corrected chi connectivity index (χ2v) is 4.05. The van der Waals surface area contributed by atoms with Crippen LogP contribution in [0.25, 0.3) is 0 Å². The molecule has 0 heterocycles. The fourth-order valence-electron chi connectivity index (χ4n) is 0.745. The Morgan fingerprint density at radius 2 is 2.15 bits per heavy atom. The largest absolute Gasteiger partial charge is 0.396 e. The predicted octanol–water partition coefficient (Wildman–Crippen LogP) is 1.49. The van der Waals surface area contributed by atoms with Crippen molar-refractivity contribution in [2.45, 2.75) is 6.42 Å². The Morgan fingerprint density at radius 3 is 2.85 bits per heavy atom. The van der Waals surface area contributed by atoms with Gasteiger partial charge < -0.3 is 10.4 Å². The number of rotatable bonds is 9. The van der Waals surface area contributed by atoms with Crippen LogP contribution in [0.5, 0.6) is 0 Å². The molecule has 0 saturated heterocycles. The first-order valence-corrected chi connectivity index (χ1v) is 6.21. The Morgan fingerprint density at radius 1 is 1.31 bits per heavy atom. The van der Waals surface area contributed by atoms with E-state index in [-0.39, 0.29) is 0 Å². The highest BCUT2D eigenvalue weighted by molar-refractivity contribution is 7.99. The number of nitrogens with one attached hydrogen (secondary N) is 1. The van der Waals surface area contributed by atoms with Gasteiger partial charge in [-0.05, 0) is 12.2 Å². The molecule has 0 amide bonds. The fraction of sp³-hybridized carbons (Fsp3) is 0.778. The molecular formula is C9H18ClNOS. The molecule has 0 aromatic rings. The summed E-state index contributed by atoms with van der Waals surface area (Å²) < 4.78 is 0. The summed E-state index contributed by atoms with van der Waals surface area (Å²) >= 11 is 7.33. The van der Waals surface area contributed by atoms with E-state index in [1.54, 1.807) is 0 Å². The molecule has 0 bridgehead atoms. The number of thioether (sulfide) groups is 1. The third kappa shape index (κ3) is 12.3. The maximum absolute atomic E-state index is 8.52. The molecule has 0 aliphatic heterocycles. The van der Waals surface area contributed by atoms with Gasteiger partial charge in [0.2, 0.25) is 0 Å². The van der Waals surface area contributed by atoms with Crippen LogP contribution in [0.3, 0.4) is 0 Å². The van der Waals surface area contributed by atoms with Crippen LogP contribution in [-0.2, 0) is 0 Å². The van der Waals surface area contributed by atoms with E-state index in [0.29, 0.717) is 12.5 Å². The minimum absolute atomic E-state index is 0.304. The summed E-state index contributed by atoms with van der Waals surface area (Å²) in [5.74, 6) is 2.75. The summed E-state index contributed by atoms with van der Waals surface area (Å²) in [5, 5.41) is 11.8. The van der Waals surface area contributed by atoms with E-state index >= 15 is 0 Å². The molecule has 0 aliphatic rings. The fourth-order valence-corrected chi connectivity index (χ4v) is 1.70. The molecule has 13 heavy (non-hydrogen) atoms. The molecule has 2 nitrogen and oxygen atoms in total. The molecule has 0 aromatic heterocycles. The van der Waals surface area contributed by atoms with E-state index in [1.165, 1.54) is 0 Å². The lowest BCUT2D eigenvalue weighted by Crippen LogP contribution is -2.17. The van der Waals surface area contributed by atoms with E-state index in [4.69, 9.17) is 16.7 Å². The summed E-state index contributed by atoms with van der Waals surface area (Å²) in [6.07, 6.45) is 4.87. The number of hydrogen-bond donors (Lipinski definition) is 2. The standard InChI is InChI=1S/C9H18ClNOS/c10-4-1-2-5-11-6-9-13-8-3-7-12/h1-2,11-12H,3-9H2/b2-1+. The Labute approximate surface area is 89.7 Å². The highest BCUT2D eigenvalue weighted by Crippen LogP contribution is 1.99. The topological polar surface area (TPSA) is 32.3 Å². The average molecular weight is 224 g/mol. The van der Waals surface area contributed by atoms with E-state index < -0.39 is 0 Å². The van der Waals surface area contributed by atoms with Gasteiger partial charge in [-0.15, -0.1) is 11.6 Å². The van der Waals surface area contributed by atoms with Crippen molar-refractivity contribution in [1.82, 2.24) is 5.32 Å². The average Bonchev–Trinajstić information content (AvgIpc) is 2.16. The third-order valence-electron chi connectivity index (χ3n) is 1.39. The molecule has 0 rings (SSSR count). The van der Waals surface area contributed by atoms with Crippen LogP contribution >= 0.6 is 23.4 Å². The molecular weight excluding hydrogens is 206 g/mol. The van der Waals surface area contributed by atoms with Gasteiger partial charge in [0.1, 0.15) is 0 Å². The van der Waals surface area contributed by atoms with Crippen molar-refractivity contribution in [1.29, 1.82) is 0 Å². The van der Waals surface area contributed by atoms with E-state index in [2.05, 4.69) is 5.32 Å². The molecule has 4 heteroatoms. The van der Waals surface area contributed by atoms with Gasteiger partial charge in [-0.3, -0.25) is 0 Å².